The number of nitrogens with zero attached hydrogens (tertiary/aromatic N) is 3. The first-order chi connectivity index (χ1) is 11.7. The molecular weight excluding hydrogens is 308 g/mol. The molecule has 0 bridgehead atoms. The molecule has 0 saturated carbocycles. The first kappa shape index (κ1) is 16.0. The van der Waals surface area contributed by atoms with Gasteiger partial charge in [-0.25, -0.2) is 14.8 Å². The molecule has 2 aromatic rings. The predicted octanol–water partition coefficient (Wildman–Crippen LogP) is 2.56. The van der Waals surface area contributed by atoms with Crippen molar-refractivity contribution in [2.45, 2.75) is 18.9 Å². The molecule has 2 amide bonds. The van der Waals surface area contributed by atoms with Crippen molar-refractivity contribution in [1.29, 1.82) is 0 Å². The minimum absolute atomic E-state index is 0.0599. The molecule has 24 heavy (non-hydrogen) atoms. The Balaban J connectivity index is 1.56. The zero-order valence-corrected chi connectivity index (χ0v) is 13.5. The monoisotopic (exact) mass is 328 g/mol. The van der Waals surface area contributed by atoms with E-state index < -0.39 is 0 Å². The highest BCUT2D eigenvalue weighted by Gasteiger charge is 2.25. The second kappa shape index (κ2) is 7.63. The largest absolute Gasteiger partial charge is 0.497 e. The summed E-state index contributed by atoms with van der Waals surface area (Å²) >= 11 is 0. The Morgan fingerprint density at radius 1 is 1.29 bits per heavy atom. The number of nitrogens with one attached hydrogen (secondary N) is 1. The van der Waals surface area contributed by atoms with Crippen LogP contribution in [0.1, 0.15) is 12.8 Å². The molecule has 1 saturated heterocycles. The number of methoxy groups -OCH3 is 1. The molecule has 0 aliphatic carbocycles. The van der Waals surface area contributed by atoms with E-state index in [1.165, 1.54) is 6.33 Å². The fourth-order valence-corrected chi connectivity index (χ4v) is 2.61. The summed E-state index contributed by atoms with van der Waals surface area (Å²) in [6, 6.07) is 8.84. The summed E-state index contributed by atoms with van der Waals surface area (Å²) < 4.78 is 10.9. The van der Waals surface area contributed by atoms with Crippen molar-refractivity contribution < 1.29 is 14.3 Å². The van der Waals surface area contributed by atoms with Crippen molar-refractivity contribution in [3.8, 4) is 11.6 Å². The second-order valence-corrected chi connectivity index (χ2v) is 5.53. The molecule has 1 unspecified atom stereocenters. The van der Waals surface area contributed by atoms with E-state index in [4.69, 9.17) is 9.47 Å². The lowest BCUT2D eigenvalue weighted by molar-refractivity contribution is 0.102. The van der Waals surface area contributed by atoms with Crippen LogP contribution in [0.3, 0.4) is 0 Å². The van der Waals surface area contributed by atoms with Gasteiger partial charge in [0.1, 0.15) is 18.2 Å². The molecule has 1 aromatic carbocycles. The van der Waals surface area contributed by atoms with Crippen LogP contribution in [0.2, 0.25) is 0 Å². The Hall–Kier alpha value is -2.83. The van der Waals surface area contributed by atoms with E-state index in [-0.39, 0.29) is 12.1 Å². The van der Waals surface area contributed by atoms with Gasteiger partial charge < -0.3 is 19.7 Å². The van der Waals surface area contributed by atoms with Gasteiger partial charge in [0, 0.05) is 24.5 Å². The van der Waals surface area contributed by atoms with Crippen LogP contribution >= 0.6 is 0 Å². The number of hydrogen-bond donors (Lipinski definition) is 1. The van der Waals surface area contributed by atoms with Gasteiger partial charge in [-0.3, -0.25) is 0 Å². The van der Waals surface area contributed by atoms with Crippen LogP contribution in [0.25, 0.3) is 0 Å². The summed E-state index contributed by atoms with van der Waals surface area (Å²) in [6.45, 7) is 1.25. The number of hydrogen-bond acceptors (Lipinski definition) is 5. The molecule has 1 aliphatic heterocycles. The first-order valence-corrected chi connectivity index (χ1v) is 7.87. The van der Waals surface area contributed by atoms with E-state index in [2.05, 4.69) is 15.3 Å². The summed E-state index contributed by atoms with van der Waals surface area (Å²) in [5.74, 6) is 1.29. The van der Waals surface area contributed by atoms with Crippen LogP contribution in [-0.4, -0.2) is 47.2 Å². The van der Waals surface area contributed by atoms with Gasteiger partial charge >= 0.3 is 6.03 Å². The molecule has 1 fully saturated rings. The molecule has 0 spiro atoms. The molecule has 1 aliphatic rings. The maximum Gasteiger partial charge on any atom is 0.321 e. The predicted molar refractivity (Wildman–Crippen MR) is 89.3 cm³/mol. The summed E-state index contributed by atoms with van der Waals surface area (Å²) in [4.78, 5) is 22.1. The highest BCUT2D eigenvalue weighted by Crippen LogP contribution is 2.19. The third kappa shape index (κ3) is 4.13. The number of likely N-dealkylation sites (tertiary alicyclic amines) is 1. The molecule has 7 heteroatoms. The molecule has 3 rings (SSSR count). The minimum atomic E-state index is -0.129. The van der Waals surface area contributed by atoms with Crippen LogP contribution in [-0.2, 0) is 0 Å². The normalized spacial score (nSPS) is 17.2. The first-order valence-electron chi connectivity index (χ1n) is 7.87. The quantitative estimate of drug-likeness (QED) is 0.933. The lowest BCUT2D eigenvalue weighted by Gasteiger charge is -2.32. The van der Waals surface area contributed by atoms with Gasteiger partial charge in [-0.2, -0.15) is 0 Å². The zero-order valence-electron chi connectivity index (χ0n) is 13.5. The highest BCUT2D eigenvalue weighted by atomic mass is 16.5. The van der Waals surface area contributed by atoms with E-state index in [9.17, 15) is 4.79 Å². The molecular formula is C17H20N4O3. The summed E-state index contributed by atoms with van der Waals surface area (Å²) in [6.07, 6.45) is 4.82. The van der Waals surface area contributed by atoms with Crippen molar-refractivity contribution in [2.75, 3.05) is 25.5 Å². The van der Waals surface area contributed by atoms with Gasteiger partial charge in [0.15, 0.2) is 0 Å². The average molecular weight is 328 g/mol. The lowest BCUT2D eigenvalue weighted by atomic mass is 10.1. The number of rotatable bonds is 4. The number of aromatic nitrogens is 2. The number of ether oxygens (including phenoxy) is 2. The van der Waals surface area contributed by atoms with E-state index in [0.29, 0.717) is 19.0 Å². The van der Waals surface area contributed by atoms with Gasteiger partial charge in [-0.1, -0.05) is 0 Å². The van der Waals surface area contributed by atoms with E-state index >= 15 is 0 Å². The molecule has 2 heterocycles. The fourth-order valence-electron chi connectivity index (χ4n) is 2.61. The van der Waals surface area contributed by atoms with Crippen LogP contribution in [0, 0.1) is 0 Å². The maximum absolute atomic E-state index is 12.4. The number of piperidine rings is 1. The van der Waals surface area contributed by atoms with Gasteiger partial charge in [0.25, 0.3) is 0 Å². The Morgan fingerprint density at radius 2 is 2.12 bits per heavy atom. The third-order valence-corrected chi connectivity index (χ3v) is 3.85. The van der Waals surface area contributed by atoms with Crippen molar-refractivity contribution in [1.82, 2.24) is 14.9 Å². The van der Waals surface area contributed by atoms with Crippen molar-refractivity contribution in [3.05, 3.63) is 42.9 Å². The number of benzene rings is 1. The standard InChI is InChI=1S/C17H20N4O3/c1-23-14-6-4-13(5-7-14)20-17(22)21-10-2-3-15(11-21)24-16-8-9-18-12-19-16/h4-9,12,15H,2-3,10-11H2,1H3,(H,20,22). The van der Waals surface area contributed by atoms with Gasteiger partial charge in [0.05, 0.1) is 13.7 Å². The van der Waals surface area contributed by atoms with Gasteiger partial charge in [-0.05, 0) is 37.1 Å². The zero-order chi connectivity index (χ0) is 16.8. The lowest BCUT2D eigenvalue weighted by Crippen LogP contribution is -2.46. The molecule has 126 valence electrons. The maximum atomic E-state index is 12.4. The number of anilines is 1. The van der Waals surface area contributed by atoms with Crippen LogP contribution in [0.15, 0.2) is 42.9 Å². The summed E-state index contributed by atoms with van der Waals surface area (Å²) in [5.41, 5.74) is 0.736. The van der Waals surface area contributed by atoms with Crippen molar-refractivity contribution >= 4 is 11.7 Å². The molecule has 1 atom stereocenters. The van der Waals surface area contributed by atoms with Gasteiger partial charge in [-0.15, -0.1) is 0 Å². The molecule has 1 aromatic heterocycles. The summed E-state index contributed by atoms with van der Waals surface area (Å²) in [7, 11) is 1.61. The topological polar surface area (TPSA) is 76.6 Å². The number of carbonyl (C=O) groups is 1. The van der Waals surface area contributed by atoms with Crippen LogP contribution in [0.4, 0.5) is 10.5 Å². The average Bonchev–Trinajstić information content (AvgIpc) is 2.63. The summed E-state index contributed by atoms with van der Waals surface area (Å²) in [5, 5.41) is 2.90. The third-order valence-electron chi connectivity index (χ3n) is 3.85. The van der Waals surface area contributed by atoms with Crippen molar-refractivity contribution in [2.24, 2.45) is 0 Å². The number of amides is 2. The molecule has 7 nitrogen and oxygen atoms in total. The Morgan fingerprint density at radius 3 is 2.83 bits per heavy atom. The minimum Gasteiger partial charge on any atom is -0.497 e. The van der Waals surface area contributed by atoms with E-state index in [0.717, 1.165) is 24.3 Å². The molecule has 0 radical (unpaired) electrons. The highest BCUT2D eigenvalue weighted by molar-refractivity contribution is 5.89. The number of carbonyl (C=O) groups excluding carboxylic acids is 1. The smallest absolute Gasteiger partial charge is 0.321 e. The number of urea groups is 1. The Kier molecular flexibility index (Phi) is 5.10. The Labute approximate surface area is 140 Å². The second-order valence-electron chi connectivity index (χ2n) is 5.53. The van der Waals surface area contributed by atoms with E-state index in [1.807, 2.05) is 24.3 Å². The fraction of sp³-hybridized carbons (Fsp3) is 0.353. The molecule has 1 N–H and O–H groups in total. The van der Waals surface area contributed by atoms with E-state index in [1.54, 1.807) is 24.3 Å². The van der Waals surface area contributed by atoms with Crippen molar-refractivity contribution in [3.63, 3.8) is 0 Å². The van der Waals surface area contributed by atoms with Crippen LogP contribution < -0.4 is 14.8 Å². The SMILES string of the molecule is COc1ccc(NC(=O)N2CCCC(Oc3ccncn3)C2)cc1. The van der Waals surface area contributed by atoms with Crippen LogP contribution in [0.5, 0.6) is 11.6 Å². The van der Waals surface area contributed by atoms with Gasteiger partial charge in [0.2, 0.25) is 5.88 Å². The Bertz CT molecular complexity index is 663.